The smallest absolute Gasteiger partial charge is 0.412 e. The Hall–Kier alpha value is -4.07. The van der Waals surface area contributed by atoms with Crippen LogP contribution in [0.5, 0.6) is 5.75 Å². The molecule has 0 unspecified atom stereocenters. The number of anilines is 2. The number of nitrogens with zero attached hydrogens (tertiary/aromatic N) is 3. The third-order valence-electron chi connectivity index (χ3n) is 7.08. The van der Waals surface area contributed by atoms with Gasteiger partial charge in [-0.2, -0.15) is 8.42 Å². The highest BCUT2D eigenvalue weighted by molar-refractivity contribution is 7.92. The molecule has 2 aliphatic rings. The normalized spacial score (nSPS) is 17.7. The molecule has 2 heterocycles. The van der Waals surface area contributed by atoms with Crippen LogP contribution in [0.3, 0.4) is 0 Å². The summed E-state index contributed by atoms with van der Waals surface area (Å²) in [4.78, 5) is 40.3. The first-order valence-corrected chi connectivity index (χ1v) is 15.7. The van der Waals surface area contributed by atoms with Crippen molar-refractivity contribution in [2.75, 3.05) is 28.8 Å². The number of hydrogen-bond acceptors (Lipinski definition) is 7. The molecule has 0 radical (unpaired) electrons. The van der Waals surface area contributed by atoms with Gasteiger partial charge in [-0.3, -0.25) is 9.69 Å². The average molecular weight is 635 g/mol. The largest absolute Gasteiger partial charge is 0.487 e. The van der Waals surface area contributed by atoms with Gasteiger partial charge >= 0.3 is 22.4 Å². The first-order valence-electron chi connectivity index (χ1n) is 14.2. The molecule has 4 rings (SSSR count). The summed E-state index contributed by atoms with van der Waals surface area (Å²) in [6, 6.07) is 9.19. The zero-order valence-corrected chi connectivity index (χ0v) is 26.5. The van der Waals surface area contributed by atoms with Gasteiger partial charge in [-0.05, 0) is 38.2 Å². The summed E-state index contributed by atoms with van der Waals surface area (Å²) >= 11 is 0. The minimum atomic E-state index is -4.43. The van der Waals surface area contributed by atoms with E-state index in [-0.39, 0.29) is 48.5 Å². The van der Waals surface area contributed by atoms with E-state index in [4.69, 9.17) is 9.47 Å². The Kier molecular flexibility index (Phi) is 9.06. The number of halogens is 1. The predicted octanol–water partition coefficient (Wildman–Crippen LogP) is 4.67. The van der Waals surface area contributed by atoms with Gasteiger partial charge in [0.15, 0.2) is 5.82 Å². The van der Waals surface area contributed by atoms with E-state index in [1.807, 2.05) is 25.5 Å². The van der Waals surface area contributed by atoms with Crippen LogP contribution in [0.2, 0.25) is 0 Å². The van der Waals surface area contributed by atoms with E-state index >= 15 is 4.39 Å². The van der Waals surface area contributed by atoms with Gasteiger partial charge < -0.3 is 19.5 Å². The van der Waals surface area contributed by atoms with Crippen molar-refractivity contribution in [3.8, 4) is 5.75 Å². The number of hydrogen-bond donors (Lipinski definition) is 2. The van der Waals surface area contributed by atoms with E-state index in [2.05, 4.69) is 0 Å². The highest BCUT2D eigenvalue weighted by Gasteiger charge is 2.44. The average Bonchev–Trinajstić information content (AvgIpc) is 3.39. The quantitative estimate of drug-likeness (QED) is 0.426. The lowest BCUT2D eigenvalue weighted by Gasteiger charge is -2.33. The van der Waals surface area contributed by atoms with Crippen LogP contribution in [0.1, 0.15) is 59.1 Å². The Morgan fingerprint density at radius 2 is 1.80 bits per heavy atom. The molecule has 2 N–H and O–H groups in total. The van der Waals surface area contributed by atoms with Crippen LogP contribution in [0.25, 0.3) is 0 Å². The SMILES string of the molecule is CC(C)(C)CCN(C[C@H]1Cc2c(cc(OCc3ccccc3)c(N3CC(=O)NS3(=O)=O)c2F)N1C(=O)O)C(=O)OC(C)(C)C. The van der Waals surface area contributed by atoms with Gasteiger partial charge in [0.1, 0.15) is 30.2 Å². The van der Waals surface area contributed by atoms with Crippen molar-refractivity contribution < 1.29 is 41.8 Å². The highest BCUT2D eigenvalue weighted by Crippen LogP contribution is 2.45. The molecule has 14 heteroatoms. The molecule has 3 amide bonds. The molecule has 1 fully saturated rings. The third-order valence-corrected chi connectivity index (χ3v) is 8.45. The van der Waals surface area contributed by atoms with Gasteiger partial charge in [-0.1, -0.05) is 51.1 Å². The Morgan fingerprint density at radius 3 is 2.34 bits per heavy atom. The maximum absolute atomic E-state index is 16.5. The number of rotatable bonds is 8. The summed E-state index contributed by atoms with van der Waals surface area (Å²) < 4.78 is 55.9. The molecule has 240 valence electrons. The predicted molar refractivity (Wildman–Crippen MR) is 161 cm³/mol. The number of amides is 3. The number of nitrogens with one attached hydrogen (secondary N) is 1. The van der Waals surface area contributed by atoms with Crippen LogP contribution in [-0.2, 0) is 32.8 Å². The molecular weight excluding hydrogens is 595 g/mol. The lowest BCUT2D eigenvalue weighted by molar-refractivity contribution is -0.117. The molecule has 0 saturated carbocycles. The third kappa shape index (κ3) is 7.52. The van der Waals surface area contributed by atoms with Gasteiger partial charge in [-0.25, -0.2) is 23.0 Å². The number of carboxylic acid groups (broad SMARTS) is 1. The molecule has 2 aromatic rings. The number of ether oxygens (including phenoxy) is 2. The molecule has 2 aliphatic heterocycles. The number of carbonyl (C=O) groups is 3. The Morgan fingerprint density at radius 1 is 1.14 bits per heavy atom. The standard InChI is InChI=1S/C30H39FN4O8S/c1-29(2,3)12-13-33(28(39)43-30(4,5)6)16-20-14-21-22(35(20)27(37)38)15-23(42-18-19-10-8-7-9-11-19)26(25(21)31)34-17-24(36)32-44(34,40)41/h7-11,15,20H,12-14,16-18H2,1-6H3,(H,32,36)(H,37,38)/t20-/m1/s1. The van der Waals surface area contributed by atoms with Gasteiger partial charge in [0.05, 0.1) is 11.7 Å². The molecule has 0 spiro atoms. The minimum Gasteiger partial charge on any atom is -0.487 e. The Balaban J connectivity index is 1.76. The van der Waals surface area contributed by atoms with E-state index in [0.717, 1.165) is 4.90 Å². The van der Waals surface area contributed by atoms with Crippen molar-refractivity contribution in [3.05, 3.63) is 53.3 Å². The molecule has 1 atom stereocenters. The van der Waals surface area contributed by atoms with Gasteiger partial charge in [0.2, 0.25) is 0 Å². The Labute approximate surface area is 256 Å². The van der Waals surface area contributed by atoms with Gasteiger partial charge in [-0.15, -0.1) is 0 Å². The molecule has 44 heavy (non-hydrogen) atoms. The van der Waals surface area contributed by atoms with Crippen molar-refractivity contribution >= 4 is 39.7 Å². The van der Waals surface area contributed by atoms with E-state index in [9.17, 15) is 27.9 Å². The first kappa shape index (κ1) is 32.8. The van der Waals surface area contributed by atoms with E-state index < -0.39 is 58.0 Å². The lowest BCUT2D eigenvalue weighted by atomic mass is 9.92. The minimum absolute atomic E-state index is 0.0392. The zero-order chi connectivity index (χ0) is 32.6. The maximum Gasteiger partial charge on any atom is 0.412 e. The lowest BCUT2D eigenvalue weighted by Crippen LogP contribution is -2.48. The molecule has 0 bridgehead atoms. The summed E-state index contributed by atoms with van der Waals surface area (Å²) in [6.07, 6.45) is -1.60. The molecule has 0 aromatic heterocycles. The second-order valence-corrected chi connectivity index (χ2v) is 14.7. The summed E-state index contributed by atoms with van der Waals surface area (Å²) in [7, 11) is -4.43. The van der Waals surface area contributed by atoms with Crippen LogP contribution in [0, 0.1) is 11.2 Å². The topological polar surface area (TPSA) is 146 Å². The Bertz CT molecular complexity index is 1540. The number of carbonyl (C=O) groups excluding carboxylic acids is 2. The fourth-order valence-corrected chi connectivity index (χ4v) is 6.17. The van der Waals surface area contributed by atoms with E-state index in [0.29, 0.717) is 16.3 Å². The monoisotopic (exact) mass is 634 g/mol. The molecule has 0 aliphatic carbocycles. The van der Waals surface area contributed by atoms with Gasteiger partial charge in [0, 0.05) is 31.1 Å². The van der Waals surface area contributed by atoms with Crippen LogP contribution in [0.15, 0.2) is 36.4 Å². The molecular formula is C30H39FN4O8S. The van der Waals surface area contributed by atoms with Crippen LogP contribution < -0.4 is 18.7 Å². The summed E-state index contributed by atoms with van der Waals surface area (Å²) in [6.45, 7) is 10.6. The number of fused-ring (bicyclic) bond motifs is 1. The fourth-order valence-electron chi connectivity index (χ4n) is 5.01. The van der Waals surface area contributed by atoms with Gasteiger partial charge in [0.25, 0.3) is 5.91 Å². The second kappa shape index (κ2) is 12.1. The van der Waals surface area contributed by atoms with Crippen molar-refractivity contribution in [3.63, 3.8) is 0 Å². The fraction of sp³-hybridized carbons (Fsp3) is 0.500. The zero-order valence-electron chi connectivity index (χ0n) is 25.7. The second-order valence-electron chi connectivity index (χ2n) is 13.1. The van der Waals surface area contributed by atoms with E-state index in [1.54, 1.807) is 51.1 Å². The summed E-state index contributed by atoms with van der Waals surface area (Å²) in [5, 5.41) is 10.3. The summed E-state index contributed by atoms with van der Waals surface area (Å²) in [5.74, 6) is -2.14. The molecule has 2 aromatic carbocycles. The van der Waals surface area contributed by atoms with Crippen molar-refractivity contribution in [2.24, 2.45) is 5.41 Å². The van der Waals surface area contributed by atoms with E-state index in [1.165, 1.54) is 11.0 Å². The van der Waals surface area contributed by atoms with Crippen molar-refractivity contribution in [2.45, 2.75) is 72.6 Å². The van der Waals surface area contributed by atoms with Crippen LogP contribution >= 0.6 is 0 Å². The highest BCUT2D eigenvalue weighted by atomic mass is 32.2. The maximum atomic E-state index is 16.5. The van der Waals surface area contributed by atoms with Crippen molar-refractivity contribution in [1.29, 1.82) is 0 Å². The first-order chi connectivity index (χ1) is 20.4. The molecule has 1 saturated heterocycles. The van der Waals surface area contributed by atoms with Crippen molar-refractivity contribution in [1.82, 2.24) is 9.62 Å². The van der Waals surface area contributed by atoms with Crippen LogP contribution in [-0.4, -0.2) is 67.8 Å². The van der Waals surface area contributed by atoms with Crippen LogP contribution in [0.4, 0.5) is 25.4 Å². The molecule has 12 nitrogen and oxygen atoms in total. The summed E-state index contributed by atoms with van der Waals surface area (Å²) in [5.41, 5.74) is -0.875. The number of benzene rings is 2.